The zero-order chi connectivity index (χ0) is 18.4. The van der Waals surface area contributed by atoms with Gasteiger partial charge < -0.3 is 10.3 Å². The van der Waals surface area contributed by atoms with E-state index in [1.54, 1.807) is 6.20 Å². The Balaban J connectivity index is 2.12. The van der Waals surface area contributed by atoms with E-state index in [2.05, 4.69) is 21.5 Å². The van der Waals surface area contributed by atoms with Crippen molar-refractivity contribution in [2.75, 3.05) is 17.2 Å². The molecule has 0 aliphatic heterocycles. The summed E-state index contributed by atoms with van der Waals surface area (Å²) in [4.78, 5) is 8.89. The van der Waals surface area contributed by atoms with Crippen LogP contribution in [0.3, 0.4) is 0 Å². The van der Waals surface area contributed by atoms with Crippen LogP contribution in [0.2, 0.25) is 0 Å². The SMILES string of the molecule is CCCCS(=O)(=O)CCCCn1c(CCC)nc2c(N)ncc(C)c21. The first kappa shape index (κ1) is 19.7. The summed E-state index contributed by atoms with van der Waals surface area (Å²) in [6, 6.07) is 0. The molecule has 2 rings (SSSR count). The molecule has 0 saturated carbocycles. The van der Waals surface area contributed by atoms with Crippen molar-refractivity contribution in [3.05, 3.63) is 17.6 Å². The van der Waals surface area contributed by atoms with Crippen molar-refractivity contribution in [3.8, 4) is 0 Å². The van der Waals surface area contributed by atoms with Gasteiger partial charge in [-0.1, -0.05) is 20.3 Å². The van der Waals surface area contributed by atoms with Crippen LogP contribution in [0.15, 0.2) is 6.20 Å². The summed E-state index contributed by atoms with van der Waals surface area (Å²) in [5, 5.41) is 0. The minimum atomic E-state index is -2.92. The number of unbranched alkanes of at least 4 members (excludes halogenated alkanes) is 2. The van der Waals surface area contributed by atoms with Gasteiger partial charge in [-0.25, -0.2) is 18.4 Å². The monoisotopic (exact) mass is 366 g/mol. The fourth-order valence-electron chi connectivity index (χ4n) is 3.08. The van der Waals surface area contributed by atoms with Crippen molar-refractivity contribution in [2.45, 2.75) is 65.8 Å². The molecule has 0 amide bonds. The summed E-state index contributed by atoms with van der Waals surface area (Å²) < 4.78 is 26.2. The first-order valence-corrected chi connectivity index (χ1v) is 11.0. The number of nitrogens with two attached hydrogens (primary N) is 1. The molecule has 0 fully saturated rings. The maximum atomic E-state index is 12.0. The fraction of sp³-hybridized carbons (Fsp3) is 0.667. The first-order valence-electron chi connectivity index (χ1n) is 9.20. The second-order valence-corrected chi connectivity index (χ2v) is 8.97. The molecule has 7 heteroatoms. The van der Waals surface area contributed by atoms with Crippen LogP contribution in [-0.4, -0.2) is 34.5 Å². The molecule has 0 unspecified atom stereocenters. The average molecular weight is 367 g/mol. The molecule has 0 saturated heterocycles. The average Bonchev–Trinajstić information content (AvgIpc) is 2.93. The molecule has 0 radical (unpaired) electrons. The van der Waals surface area contributed by atoms with Crippen LogP contribution in [0, 0.1) is 6.92 Å². The number of pyridine rings is 1. The molecule has 140 valence electrons. The number of nitrogen functional groups attached to an aromatic ring is 1. The zero-order valence-corrected chi connectivity index (χ0v) is 16.4. The number of aromatic nitrogens is 3. The van der Waals surface area contributed by atoms with Crippen molar-refractivity contribution in [1.82, 2.24) is 14.5 Å². The highest BCUT2D eigenvalue weighted by atomic mass is 32.2. The van der Waals surface area contributed by atoms with Crippen LogP contribution in [0.1, 0.15) is 57.3 Å². The fourth-order valence-corrected chi connectivity index (χ4v) is 4.66. The van der Waals surface area contributed by atoms with E-state index in [9.17, 15) is 8.42 Å². The molecule has 0 spiro atoms. The van der Waals surface area contributed by atoms with E-state index < -0.39 is 9.84 Å². The summed E-state index contributed by atoms with van der Waals surface area (Å²) in [6.45, 7) is 6.91. The molecule has 0 aliphatic rings. The lowest BCUT2D eigenvalue weighted by atomic mass is 10.2. The molecule has 0 bridgehead atoms. The molecule has 2 heterocycles. The highest BCUT2D eigenvalue weighted by Gasteiger charge is 2.16. The van der Waals surface area contributed by atoms with Crippen molar-refractivity contribution in [3.63, 3.8) is 0 Å². The van der Waals surface area contributed by atoms with Crippen molar-refractivity contribution < 1.29 is 8.42 Å². The van der Waals surface area contributed by atoms with E-state index in [4.69, 9.17) is 5.73 Å². The van der Waals surface area contributed by atoms with E-state index in [0.717, 1.165) is 61.1 Å². The summed E-state index contributed by atoms with van der Waals surface area (Å²) in [7, 11) is -2.92. The highest BCUT2D eigenvalue weighted by molar-refractivity contribution is 7.91. The van der Waals surface area contributed by atoms with Crippen LogP contribution in [0.25, 0.3) is 11.0 Å². The summed E-state index contributed by atoms with van der Waals surface area (Å²) in [5.41, 5.74) is 8.84. The van der Waals surface area contributed by atoms with Gasteiger partial charge in [0.1, 0.15) is 21.2 Å². The molecule has 0 aliphatic carbocycles. The third-order valence-electron chi connectivity index (χ3n) is 4.43. The van der Waals surface area contributed by atoms with Crippen LogP contribution < -0.4 is 5.73 Å². The Morgan fingerprint density at radius 2 is 1.84 bits per heavy atom. The Morgan fingerprint density at radius 1 is 1.12 bits per heavy atom. The number of hydrogen-bond acceptors (Lipinski definition) is 5. The molecule has 6 nitrogen and oxygen atoms in total. The predicted molar refractivity (Wildman–Crippen MR) is 103 cm³/mol. The number of fused-ring (bicyclic) bond motifs is 1. The lowest BCUT2D eigenvalue weighted by molar-refractivity contribution is 0.577. The second-order valence-electron chi connectivity index (χ2n) is 6.67. The normalized spacial score (nSPS) is 12.1. The van der Waals surface area contributed by atoms with Gasteiger partial charge in [-0.05, 0) is 38.2 Å². The Kier molecular flexibility index (Phi) is 6.81. The highest BCUT2D eigenvalue weighted by Crippen LogP contribution is 2.24. The Morgan fingerprint density at radius 3 is 2.52 bits per heavy atom. The molecule has 25 heavy (non-hydrogen) atoms. The third-order valence-corrected chi connectivity index (χ3v) is 6.25. The number of imidazole rings is 1. The standard InChI is InChI=1S/C18H30N4O2S/c1-4-6-11-25(23,24)12-8-7-10-22-15(9-5-2)21-16-17(22)14(3)13-20-18(16)19/h13H,4-12H2,1-3H3,(H2,19,20). The van der Waals surface area contributed by atoms with Gasteiger partial charge in [-0.3, -0.25) is 0 Å². The minimum Gasteiger partial charge on any atom is -0.382 e. The van der Waals surface area contributed by atoms with Crippen molar-refractivity contribution in [2.24, 2.45) is 0 Å². The number of aryl methyl sites for hydroxylation is 3. The molecule has 0 atom stereocenters. The second kappa shape index (κ2) is 8.65. The van der Waals surface area contributed by atoms with Crippen molar-refractivity contribution >= 4 is 26.7 Å². The quantitative estimate of drug-likeness (QED) is 0.652. The topological polar surface area (TPSA) is 90.9 Å². The summed E-state index contributed by atoms with van der Waals surface area (Å²) in [6.07, 6.45) is 6.81. The number of anilines is 1. The predicted octanol–water partition coefficient (Wildman–Crippen LogP) is 3.27. The van der Waals surface area contributed by atoms with Gasteiger partial charge in [0.25, 0.3) is 0 Å². The van der Waals surface area contributed by atoms with Gasteiger partial charge in [0.15, 0.2) is 5.82 Å². The Bertz CT molecular complexity index is 812. The van der Waals surface area contributed by atoms with Crippen LogP contribution in [-0.2, 0) is 22.8 Å². The maximum Gasteiger partial charge on any atom is 0.151 e. The van der Waals surface area contributed by atoms with Crippen LogP contribution in [0.4, 0.5) is 5.82 Å². The van der Waals surface area contributed by atoms with E-state index in [-0.39, 0.29) is 5.75 Å². The van der Waals surface area contributed by atoms with Crippen LogP contribution >= 0.6 is 0 Å². The molecule has 2 N–H and O–H groups in total. The summed E-state index contributed by atoms with van der Waals surface area (Å²) in [5.74, 6) is 2.04. The summed E-state index contributed by atoms with van der Waals surface area (Å²) >= 11 is 0. The van der Waals surface area contributed by atoms with Gasteiger partial charge in [0.2, 0.25) is 0 Å². The largest absolute Gasteiger partial charge is 0.382 e. The van der Waals surface area contributed by atoms with Gasteiger partial charge in [-0.2, -0.15) is 0 Å². The molecular weight excluding hydrogens is 336 g/mol. The third kappa shape index (κ3) is 4.93. The number of nitrogens with zero attached hydrogens (tertiary/aromatic N) is 3. The molecule has 2 aromatic heterocycles. The molecule has 2 aromatic rings. The Hall–Kier alpha value is -1.63. The lowest BCUT2D eigenvalue weighted by Crippen LogP contribution is -2.12. The van der Waals surface area contributed by atoms with Crippen molar-refractivity contribution in [1.29, 1.82) is 0 Å². The zero-order valence-electron chi connectivity index (χ0n) is 15.6. The Labute approximate surface area is 150 Å². The van der Waals surface area contributed by atoms with Crippen LogP contribution in [0.5, 0.6) is 0 Å². The number of hydrogen-bond donors (Lipinski definition) is 1. The minimum absolute atomic E-state index is 0.269. The lowest BCUT2D eigenvalue weighted by Gasteiger charge is -2.10. The smallest absolute Gasteiger partial charge is 0.151 e. The van der Waals surface area contributed by atoms with E-state index >= 15 is 0 Å². The molecular formula is C18H30N4O2S. The maximum absolute atomic E-state index is 12.0. The van der Waals surface area contributed by atoms with Gasteiger partial charge in [0.05, 0.1) is 17.0 Å². The number of sulfone groups is 1. The van der Waals surface area contributed by atoms with E-state index in [0.29, 0.717) is 18.0 Å². The van der Waals surface area contributed by atoms with Gasteiger partial charge >= 0.3 is 0 Å². The van der Waals surface area contributed by atoms with Gasteiger partial charge in [-0.15, -0.1) is 0 Å². The number of rotatable bonds is 10. The first-order chi connectivity index (χ1) is 11.9. The van der Waals surface area contributed by atoms with E-state index in [1.807, 2.05) is 13.8 Å². The van der Waals surface area contributed by atoms with E-state index in [1.165, 1.54) is 0 Å². The van der Waals surface area contributed by atoms with Gasteiger partial charge in [0, 0.05) is 19.2 Å². The molecule has 0 aromatic carbocycles.